The number of nitrogens with zero attached hydrogens (tertiary/aromatic N) is 1. The maximum atomic E-state index is 13.7. The summed E-state index contributed by atoms with van der Waals surface area (Å²) < 4.78 is 13.7. The summed E-state index contributed by atoms with van der Waals surface area (Å²) in [6.07, 6.45) is 2.08. The molecule has 1 heterocycles. The molecule has 1 aliphatic heterocycles. The van der Waals surface area contributed by atoms with Crippen LogP contribution >= 0.6 is 0 Å². The van der Waals surface area contributed by atoms with E-state index < -0.39 is 11.4 Å². The number of hydrogen-bond donors (Lipinski definition) is 1. The Morgan fingerprint density at radius 3 is 2.67 bits per heavy atom. The van der Waals surface area contributed by atoms with E-state index in [1.54, 1.807) is 13.0 Å². The first-order chi connectivity index (χ1) is 8.49. The van der Waals surface area contributed by atoms with Crippen molar-refractivity contribution >= 4 is 5.91 Å². The van der Waals surface area contributed by atoms with Crippen LogP contribution in [0.3, 0.4) is 0 Å². The van der Waals surface area contributed by atoms with Gasteiger partial charge in [-0.05, 0) is 43.4 Å². The summed E-state index contributed by atoms with van der Waals surface area (Å²) in [5.41, 5.74) is 0.178. The van der Waals surface area contributed by atoms with Crippen molar-refractivity contribution in [3.8, 4) is 0 Å². The van der Waals surface area contributed by atoms with E-state index in [1.807, 2.05) is 0 Å². The Kier molecular flexibility index (Phi) is 2.45. The second kappa shape index (κ2) is 3.79. The van der Waals surface area contributed by atoms with E-state index in [0.717, 1.165) is 18.4 Å². The lowest BCUT2D eigenvalue weighted by molar-refractivity contribution is -0.0959. The SMILES string of the molecule is Cc1ccc(C(=O)N2CC(O)(C3CC3)C2)c(F)c1. The number of rotatable bonds is 2. The van der Waals surface area contributed by atoms with Gasteiger partial charge in [0.15, 0.2) is 0 Å². The average Bonchev–Trinajstić information content (AvgIpc) is 3.08. The van der Waals surface area contributed by atoms with Crippen molar-refractivity contribution in [3.05, 3.63) is 35.1 Å². The predicted molar refractivity (Wildman–Crippen MR) is 64.7 cm³/mol. The molecule has 1 aliphatic carbocycles. The third-order valence-corrected chi connectivity index (χ3v) is 3.91. The molecular weight excluding hydrogens is 233 g/mol. The van der Waals surface area contributed by atoms with Gasteiger partial charge in [-0.2, -0.15) is 0 Å². The summed E-state index contributed by atoms with van der Waals surface area (Å²) >= 11 is 0. The molecule has 2 aliphatic rings. The molecule has 4 heteroatoms. The van der Waals surface area contributed by atoms with Gasteiger partial charge in [0, 0.05) is 0 Å². The third kappa shape index (κ3) is 1.81. The molecule has 1 saturated heterocycles. The second-order valence-corrected chi connectivity index (χ2v) is 5.52. The zero-order valence-electron chi connectivity index (χ0n) is 10.3. The molecule has 0 aromatic heterocycles. The monoisotopic (exact) mass is 249 g/mol. The lowest BCUT2D eigenvalue weighted by atomic mass is 9.88. The number of carbonyl (C=O) groups excluding carboxylic acids is 1. The first-order valence-corrected chi connectivity index (χ1v) is 6.27. The largest absolute Gasteiger partial charge is 0.386 e. The first-order valence-electron chi connectivity index (χ1n) is 6.27. The van der Waals surface area contributed by atoms with Gasteiger partial charge in [0.25, 0.3) is 5.91 Å². The van der Waals surface area contributed by atoms with Crippen LogP contribution in [0.2, 0.25) is 0 Å². The summed E-state index contributed by atoms with van der Waals surface area (Å²) in [7, 11) is 0. The van der Waals surface area contributed by atoms with Crippen LogP contribution in [-0.2, 0) is 0 Å². The normalized spacial score (nSPS) is 21.6. The van der Waals surface area contributed by atoms with Crippen LogP contribution in [0.25, 0.3) is 0 Å². The van der Waals surface area contributed by atoms with Gasteiger partial charge in [0.1, 0.15) is 11.4 Å². The molecule has 1 N–H and O–H groups in total. The number of aryl methyl sites for hydroxylation is 1. The fourth-order valence-corrected chi connectivity index (χ4v) is 2.60. The molecule has 0 spiro atoms. The number of amides is 1. The number of aliphatic hydroxyl groups is 1. The van der Waals surface area contributed by atoms with Crippen LogP contribution in [0.5, 0.6) is 0 Å². The molecule has 3 nitrogen and oxygen atoms in total. The number of halogens is 1. The highest BCUT2D eigenvalue weighted by molar-refractivity contribution is 5.95. The molecular formula is C14H16FNO2. The molecule has 2 fully saturated rings. The summed E-state index contributed by atoms with van der Waals surface area (Å²) in [4.78, 5) is 13.6. The smallest absolute Gasteiger partial charge is 0.257 e. The Morgan fingerprint density at radius 1 is 1.44 bits per heavy atom. The molecule has 96 valence electrons. The van der Waals surface area contributed by atoms with Gasteiger partial charge < -0.3 is 10.0 Å². The molecule has 0 bridgehead atoms. The Morgan fingerprint density at radius 2 is 2.11 bits per heavy atom. The third-order valence-electron chi connectivity index (χ3n) is 3.91. The fraction of sp³-hybridized carbons (Fsp3) is 0.500. The van der Waals surface area contributed by atoms with Crippen molar-refractivity contribution in [2.24, 2.45) is 5.92 Å². The van der Waals surface area contributed by atoms with Crippen LogP contribution in [0.15, 0.2) is 18.2 Å². The van der Waals surface area contributed by atoms with E-state index >= 15 is 0 Å². The lowest BCUT2D eigenvalue weighted by Crippen LogP contribution is -2.64. The molecule has 1 aromatic rings. The van der Waals surface area contributed by atoms with Crippen molar-refractivity contribution in [1.29, 1.82) is 0 Å². The van der Waals surface area contributed by atoms with Crippen LogP contribution in [0.4, 0.5) is 4.39 Å². The van der Waals surface area contributed by atoms with Crippen LogP contribution in [-0.4, -0.2) is 34.6 Å². The topological polar surface area (TPSA) is 40.5 Å². The van der Waals surface area contributed by atoms with Gasteiger partial charge in [-0.1, -0.05) is 6.07 Å². The molecule has 18 heavy (non-hydrogen) atoms. The first kappa shape index (κ1) is 11.7. The van der Waals surface area contributed by atoms with E-state index in [-0.39, 0.29) is 11.5 Å². The average molecular weight is 249 g/mol. The minimum Gasteiger partial charge on any atom is -0.386 e. The molecule has 0 unspecified atom stereocenters. The summed E-state index contributed by atoms with van der Waals surface area (Å²) in [5, 5.41) is 10.1. The Balaban J connectivity index is 1.72. The zero-order valence-corrected chi connectivity index (χ0v) is 10.3. The standard InChI is InChI=1S/C14H16FNO2/c1-9-2-5-11(12(15)6-9)13(17)16-7-14(18,8-16)10-3-4-10/h2,5-6,10,18H,3-4,7-8H2,1H3. The Labute approximate surface area is 105 Å². The zero-order chi connectivity index (χ0) is 12.9. The lowest BCUT2D eigenvalue weighted by Gasteiger charge is -2.47. The van der Waals surface area contributed by atoms with E-state index in [1.165, 1.54) is 17.0 Å². The van der Waals surface area contributed by atoms with Gasteiger partial charge in [-0.3, -0.25) is 4.79 Å². The second-order valence-electron chi connectivity index (χ2n) is 5.52. The summed E-state index contributed by atoms with van der Waals surface area (Å²) in [5.74, 6) is -0.468. The van der Waals surface area contributed by atoms with Crippen LogP contribution < -0.4 is 0 Å². The Bertz CT molecular complexity index is 505. The van der Waals surface area contributed by atoms with Crippen molar-refractivity contribution < 1.29 is 14.3 Å². The van der Waals surface area contributed by atoms with E-state index in [0.29, 0.717) is 19.0 Å². The van der Waals surface area contributed by atoms with Gasteiger partial charge in [-0.25, -0.2) is 4.39 Å². The minimum atomic E-state index is -0.711. The van der Waals surface area contributed by atoms with Crippen molar-refractivity contribution in [1.82, 2.24) is 4.90 Å². The Hall–Kier alpha value is -1.42. The van der Waals surface area contributed by atoms with Gasteiger partial charge in [-0.15, -0.1) is 0 Å². The number of benzene rings is 1. The molecule has 1 amide bonds. The van der Waals surface area contributed by atoms with Crippen molar-refractivity contribution in [3.63, 3.8) is 0 Å². The van der Waals surface area contributed by atoms with E-state index in [4.69, 9.17) is 0 Å². The maximum absolute atomic E-state index is 13.7. The predicted octanol–water partition coefficient (Wildman–Crippen LogP) is 1.73. The fourth-order valence-electron chi connectivity index (χ4n) is 2.60. The maximum Gasteiger partial charge on any atom is 0.257 e. The van der Waals surface area contributed by atoms with E-state index in [2.05, 4.69) is 0 Å². The van der Waals surface area contributed by atoms with Crippen LogP contribution in [0.1, 0.15) is 28.8 Å². The number of likely N-dealkylation sites (tertiary alicyclic amines) is 1. The minimum absolute atomic E-state index is 0.0958. The molecule has 1 aromatic carbocycles. The highest BCUT2D eigenvalue weighted by atomic mass is 19.1. The highest BCUT2D eigenvalue weighted by Gasteiger charge is 2.53. The van der Waals surface area contributed by atoms with E-state index in [9.17, 15) is 14.3 Å². The molecule has 0 radical (unpaired) electrons. The summed E-state index contributed by atoms with van der Waals surface area (Å²) in [6, 6.07) is 4.60. The number of β-amino-alcohol motifs (C(OH)–C–C–N with tert-alkyl or cyclic N) is 1. The molecule has 0 atom stereocenters. The van der Waals surface area contributed by atoms with Gasteiger partial charge in [0.05, 0.1) is 18.7 Å². The molecule has 3 rings (SSSR count). The molecule has 1 saturated carbocycles. The van der Waals surface area contributed by atoms with Crippen molar-refractivity contribution in [2.75, 3.05) is 13.1 Å². The highest BCUT2D eigenvalue weighted by Crippen LogP contribution is 2.44. The van der Waals surface area contributed by atoms with Crippen molar-refractivity contribution in [2.45, 2.75) is 25.4 Å². The van der Waals surface area contributed by atoms with Gasteiger partial charge in [0.2, 0.25) is 0 Å². The number of carbonyl (C=O) groups is 1. The van der Waals surface area contributed by atoms with Crippen LogP contribution in [0, 0.1) is 18.7 Å². The summed E-state index contributed by atoms with van der Waals surface area (Å²) in [6.45, 7) is 2.46. The number of hydrogen-bond acceptors (Lipinski definition) is 2. The quantitative estimate of drug-likeness (QED) is 0.867. The van der Waals surface area contributed by atoms with Gasteiger partial charge >= 0.3 is 0 Å².